The van der Waals surface area contributed by atoms with Crippen molar-refractivity contribution in [2.24, 2.45) is 5.92 Å². The molecule has 2 aliphatic rings. The second kappa shape index (κ2) is 8.51. The van der Waals surface area contributed by atoms with E-state index >= 15 is 0 Å². The Kier molecular flexibility index (Phi) is 8.72. The molecule has 0 aromatic carbocycles. The molecule has 0 saturated carbocycles. The van der Waals surface area contributed by atoms with E-state index in [1.165, 1.54) is 19.3 Å². The molecule has 0 nitrogen and oxygen atoms in total. The summed E-state index contributed by atoms with van der Waals surface area (Å²) in [5.74, 6) is 0.799. The van der Waals surface area contributed by atoms with Gasteiger partial charge in [-0.25, -0.2) is 0 Å². The van der Waals surface area contributed by atoms with Gasteiger partial charge in [0, 0.05) is 0 Å². The molecule has 0 fully saturated rings. The standard InChI is InChI=1S/C9H13.C5H5.2ClH.Zr/c1-8(2)7-9-5-3-4-6-9;1-2-4-5-3-1;;;/h3,5,8H,4,7H2,1-2H3;1-3H,4H2;2*1H;/q;;;;+2/p-2. The molecule has 0 radical (unpaired) electrons. The molecule has 0 heterocycles. The second-order valence-corrected chi connectivity index (χ2v) is 8.33. The summed E-state index contributed by atoms with van der Waals surface area (Å²) in [6.07, 6.45) is 15.4. The van der Waals surface area contributed by atoms with Crippen molar-refractivity contribution in [3.63, 3.8) is 0 Å². The minimum atomic E-state index is -0.403. The van der Waals surface area contributed by atoms with Crippen molar-refractivity contribution in [2.75, 3.05) is 0 Å². The van der Waals surface area contributed by atoms with Crippen LogP contribution in [0.25, 0.3) is 0 Å². The third kappa shape index (κ3) is 5.29. The van der Waals surface area contributed by atoms with Gasteiger partial charge >= 0.3 is 105 Å². The average Bonchev–Trinajstić information content (AvgIpc) is 2.78. The first-order valence-electron chi connectivity index (χ1n) is 5.77. The summed E-state index contributed by atoms with van der Waals surface area (Å²) in [6, 6.07) is 0. The van der Waals surface area contributed by atoms with Gasteiger partial charge < -0.3 is 24.8 Å². The quantitative estimate of drug-likeness (QED) is 0.561. The largest absolute Gasteiger partial charge is 1.00 e. The molecule has 3 heteroatoms. The Balaban J connectivity index is 0.00000128. The summed E-state index contributed by atoms with van der Waals surface area (Å²) in [6.45, 7) is 4.64. The fourth-order valence-electron chi connectivity index (χ4n) is 2.05. The van der Waals surface area contributed by atoms with Gasteiger partial charge in [-0.15, -0.1) is 0 Å². The van der Waals surface area contributed by atoms with Crippen molar-refractivity contribution < 1.29 is 48.0 Å². The Bertz CT molecular complexity index is 362. The summed E-state index contributed by atoms with van der Waals surface area (Å²) in [5.41, 5.74) is 1.67. The normalized spacial score (nSPS) is 16.8. The minimum absolute atomic E-state index is 0. The van der Waals surface area contributed by atoms with Crippen LogP contribution < -0.4 is 24.8 Å². The van der Waals surface area contributed by atoms with Crippen LogP contribution in [-0.2, 0) is 23.2 Å². The fraction of sp³-hybridized carbons (Fsp3) is 0.429. The Morgan fingerprint density at radius 2 is 1.94 bits per heavy atom. The summed E-state index contributed by atoms with van der Waals surface area (Å²) in [7, 11) is 0. The Morgan fingerprint density at radius 1 is 1.18 bits per heavy atom. The Morgan fingerprint density at radius 3 is 2.53 bits per heavy atom. The molecule has 92 valence electrons. The van der Waals surface area contributed by atoms with Crippen LogP contribution in [0.2, 0.25) is 0 Å². The number of halogens is 2. The smallest absolute Gasteiger partial charge is 1.00 e. The van der Waals surface area contributed by atoms with Gasteiger partial charge in [0.1, 0.15) is 0 Å². The van der Waals surface area contributed by atoms with Crippen LogP contribution in [0.3, 0.4) is 0 Å². The van der Waals surface area contributed by atoms with Crippen molar-refractivity contribution in [2.45, 2.75) is 33.1 Å². The average molecular weight is 348 g/mol. The van der Waals surface area contributed by atoms with Crippen molar-refractivity contribution in [3.05, 3.63) is 42.5 Å². The first-order chi connectivity index (χ1) is 7.25. The van der Waals surface area contributed by atoms with Crippen molar-refractivity contribution in [1.82, 2.24) is 0 Å². The third-order valence-corrected chi connectivity index (χ3v) is 6.47. The van der Waals surface area contributed by atoms with Gasteiger partial charge in [0.05, 0.1) is 0 Å². The van der Waals surface area contributed by atoms with Crippen molar-refractivity contribution >= 4 is 0 Å². The van der Waals surface area contributed by atoms with Crippen LogP contribution in [-0.4, -0.2) is 0 Å². The zero-order valence-corrected chi connectivity index (χ0v) is 14.3. The Hall–Kier alpha value is 0.423. The van der Waals surface area contributed by atoms with E-state index in [0.29, 0.717) is 0 Å². The van der Waals surface area contributed by atoms with E-state index in [0.717, 1.165) is 5.92 Å². The second-order valence-electron chi connectivity index (χ2n) is 4.66. The number of rotatable bonds is 4. The molecule has 0 N–H and O–H groups in total. The molecule has 2 rings (SSSR count). The maximum Gasteiger partial charge on any atom is -1.00 e. The predicted octanol–water partition coefficient (Wildman–Crippen LogP) is -1.82. The first kappa shape index (κ1) is 17.4. The molecule has 17 heavy (non-hydrogen) atoms. The van der Waals surface area contributed by atoms with E-state index in [2.05, 4.69) is 44.2 Å². The van der Waals surface area contributed by atoms with Crippen molar-refractivity contribution in [1.29, 1.82) is 0 Å². The topological polar surface area (TPSA) is 0 Å². The zero-order chi connectivity index (χ0) is 10.7. The van der Waals surface area contributed by atoms with E-state index in [-0.39, 0.29) is 24.8 Å². The molecule has 2 aliphatic carbocycles. The monoisotopic (exact) mass is 346 g/mol. The molecule has 0 aromatic rings. The molecule has 0 unspecified atom stereocenters. The SMILES string of the molecule is CC(C)CC1=[C]([Zr+2][C]2=CC=CC2)CC=C1.[Cl-].[Cl-]. The van der Waals surface area contributed by atoms with Crippen LogP contribution in [0.4, 0.5) is 0 Å². The van der Waals surface area contributed by atoms with E-state index in [1.807, 2.05) is 3.28 Å². The molecular weight excluding hydrogens is 330 g/mol. The van der Waals surface area contributed by atoms with Gasteiger partial charge in [-0.05, 0) is 0 Å². The van der Waals surface area contributed by atoms with Gasteiger partial charge in [0.2, 0.25) is 0 Å². The molecule has 0 spiro atoms. The van der Waals surface area contributed by atoms with Gasteiger partial charge in [-0.2, -0.15) is 0 Å². The third-order valence-electron chi connectivity index (χ3n) is 2.74. The zero-order valence-electron chi connectivity index (χ0n) is 10.3. The summed E-state index contributed by atoms with van der Waals surface area (Å²) >= 11 is -0.403. The Labute approximate surface area is 129 Å². The van der Waals surface area contributed by atoms with Crippen LogP contribution in [0.1, 0.15) is 33.1 Å². The van der Waals surface area contributed by atoms with E-state index in [4.69, 9.17) is 0 Å². The first-order valence-corrected chi connectivity index (χ1v) is 8.23. The van der Waals surface area contributed by atoms with E-state index in [9.17, 15) is 0 Å². The van der Waals surface area contributed by atoms with Crippen LogP contribution in [0.15, 0.2) is 42.5 Å². The molecule has 0 saturated heterocycles. The maximum atomic E-state index is 2.37. The molecule has 0 aliphatic heterocycles. The van der Waals surface area contributed by atoms with Gasteiger partial charge in [-0.1, -0.05) is 0 Å². The van der Waals surface area contributed by atoms with Crippen molar-refractivity contribution in [3.8, 4) is 0 Å². The molecule has 0 amide bonds. The van der Waals surface area contributed by atoms with E-state index < -0.39 is 23.2 Å². The molecular formula is C14H18Cl2Zr. The predicted molar refractivity (Wildman–Crippen MR) is 62.1 cm³/mol. The number of hydrogen-bond donors (Lipinski definition) is 0. The minimum Gasteiger partial charge on any atom is -1.00 e. The van der Waals surface area contributed by atoms with Gasteiger partial charge in [-0.3, -0.25) is 0 Å². The summed E-state index contributed by atoms with van der Waals surface area (Å²) in [4.78, 5) is 0. The molecule has 0 aromatic heterocycles. The van der Waals surface area contributed by atoms with E-state index in [1.54, 1.807) is 8.85 Å². The van der Waals surface area contributed by atoms with Gasteiger partial charge in [0.25, 0.3) is 0 Å². The van der Waals surface area contributed by atoms with Crippen LogP contribution >= 0.6 is 0 Å². The van der Waals surface area contributed by atoms with Crippen LogP contribution in [0, 0.1) is 5.92 Å². The van der Waals surface area contributed by atoms with Gasteiger partial charge in [0.15, 0.2) is 0 Å². The fourth-order valence-corrected chi connectivity index (χ4v) is 5.37. The number of hydrogen-bond acceptors (Lipinski definition) is 0. The summed E-state index contributed by atoms with van der Waals surface area (Å²) < 4.78 is 3.57. The molecule has 0 bridgehead atoms. The van der Waals surface area contributed by atoms with Crippen LogP contribution in [0.5, 0.6) is 0 Å². The number of allylic oxidation sites excluding steroid dienone is 8. The molecule has 0 atom stereocenters. The summed E-state index contributed by atoms with van der Waals surface area (Å²) in [5, 5.41) is 0. The maximum absolute atomic E-state index is 2.37.